The van der Waals surface area contributed by atoms with Crippen molar-refractivity contribution in [2.75, 3.05) is 6.54 Å². The van der Waals surface area contributed by atoms with Crippen molar-refractivity contribution in [2.45, 2.75) is 59.1 Å². The van der Waals surface area contributed by atoms with Crippen molar-refractivity contribution in [3.05, 3.63) is 35.4 Å². The lowest BCUT2D eigenvalue weighted by atomic mass is 10.0. The summed E-state index contributed by atoms with van der Waals surface area (Å²) in [7, 11) is 0. The van der Waals surface area contributed by atoms with Gasteiger partial charge in [-0.05, 0) is 52.7 Å². The fourth-order valence-corrected chi connectivity index (χ4v) is 1.99. The van der Waals surface area contributed by atoms with Crippen molar-refractivity contribution in [1.29, 1.82) is 0 Å². The Hall–Kier alpha value is -2.04. The second kappa shape index (κ2) is 7.49. The lowest BCUT2D eigenvalue weighted by Gasteiger charge is -2.28. The molecule has 0 unspecified atom stereocenters. The number of amides is 2. The molecule has 128 valence electrons. The van der Waals surface area contributed by atoms with Gasteiger partial charge in [0.25, 0.3) is 0 Å². The SMILES string of the molecule is Cc1ccccc1CC(=O)NCC(C)(C)NC(=O)OC(C)(C)C. The molecule has 5 nitrogen and oxygen atoms in total. The number of rotatable bonds is 5. The van der Waals surface area contributed by atoms with E-state index in [4.69, 9.17) is 4.74 Å². The van der Waals surface area contributed by atoms with E-state index in [9.17, 15) is 9.59 Å². The first-order chi connectivity index (χ1) is 10.5. The topological polar surface area (TPSA) is 67.4 Å². The number of ether oxygens (including phenoxy) is 1. The minimum atomic E-state index is -0.594. The normalized spacial score (nSPS) is 11.7. The minimum Gasteiger partial charge on any atom is -0.444 e. The van der Waals surface area contributed by atoms with Gasteiger partial charge < -0.3 is 15.4 Å². The van der Waals surface area contributed by atoms with Crippen LogP contribution in [0.3, 0.4) is 0 Å². The molecule has 0 aromatic heterocycles. The summed E-state index contributed by atoms with van der Waals surface area (Å²) in [5.74, 6) is -0.0710. The summed E-state index contributed by atoms with van der Waals surface area (Å²) in [6.45, 7) is 11.4. The van der Waals surface area contributed by atoms with Crippen molar-refractivity contribution < 1.29 is 14.3 Å². The molecule has 1 aromatic rings. The zero-order valence-electron chi connectivity index (χ0n) is 14.9. The Kier molecular flexibility index (Phi) is 6.19. The molecule has 2 amide bonds. The second-order valence-electron chi connectivity index (χ2n) is 7.39. The quantitative estimate of drug-likeness (QED) is 0.876. The van der Waals surface area contributed by atoms with Crippen molar-refractivity contribution >= 4 is 12.0 Å². The fourth-order valence-electron chi connectivity index (χ4n) is 1.99. The van der Waals surface area contributed by atoms with Crippen molar-refractivity contribution in [3.8, 4) is 0 Å². The summed E-state index contributed by atoms with van der Waals surface area (Å²) in [6, 6.07) is 7.80. The molecule has 2 N–H and O–H groups in total. The van der Waals surface area contributed by atoms with Gasteiger partial charge in [-0.3, -0.25) is 4.79 Å². The molecule has 0 bridgehead atoms. The third-order valence-electron chi connectivity index (χ3n) is 3.18. The number of aryl methyl sites for hydroxylation is 1. The van der Waals surface area contributed by atoms with Crippen LogP contribution in [0.25, 0.3) is 0 Å². The first kappa shape index (κ1) is 19.0. The molecule has 5 heteroatoms. The summed E-state index contributed by atoms with van der Waals surface area (Å²) < 4.78 is 5.23. The Morgan fingerprint density at radius 2 is 1.70 bits per heavy atom. The van der Waals surface area contributed by atoms with Crippen LogP contribution in [-0.2, 0) is 16.0 Å². The zero-order valence-corrected chi connectivity index (χ0v) is 14.9. The van der Waals surface area contributed by atoms with Crippen LogP contribution in [0, 0.1) is 6.92 Å². The zero-order chi connectivity index (χ0) is 17.7. The largest absolute Gasteiger partial charge is 0.444 e. The van der Waals surface area contributed by atoms with E-state index in [1.807, 2.05) is 65.8 Å². The first-order valence-electron chi connectivity index (χ1n) is 7.81. The molecule has 0 atom stereocenters. The van der Waals surface area contributed by atoms with E-state index in [-0.39, 0.29) is 5.91 Å². The summed E-state index contributed by atoms with van der Waals surface area (Å²) in [5, 5.41) is 5.63. The molecule has 1 aromatic carbocycles. The van der Waals surface area contributed by atoms with Gasteiger partial charge in [-0.2, -0.15) is 0 Å². The molecule has 0 aliphatic rings. The lowest BCUT2D eigenvalue weighted by molar-refractivity contribution is -0.120. The van der Waals surface area contributed by atoms with Crippen molar-refractivity contribution in [1.82, 2.24) is 10.6 Å². The monoisotopic (exact) mass is 320 g/mol. The molecule has 0 spiro atoms. The number of benzene rings is 1. The molecule has 23 heavy (non-hydrogen) atoms. The van der Waals surface area contributed by atoms with Crippen LogP contribution in [0.15, 0.2) is 24.3 Å². The average molecular weight is 320 g/mol. The van der Waals surface area contributed by atoms with E-state index in [0.717, 1.165) is 11.1 Å². The highest BCUT2D eigenvalue weighted by molar-refractivity contribution is 5.79. The van der Waals surface area contributed by atoms with Gasteiger partial charge in [0.2, 0.25) is 5.91 Å². The summed E-state index contributed by atoms with van der Waals surface area (Å²) in [6.07, 6.45) is -0.162. The molecule has 0 aliphatic heterocycles. The molecule has 0 saturated carbocycles. The Morgan fingerprint density at radius 1 is 1.09 bits per heavy atom. The van der Waals surface area contributed by atoms with E-state index in [0.29, 0.717) is 13.0 Å². The van der Waals surface area contributed by atoms with Crippen LogP contribution in [0.2, 0.25) is 0 Å². The fraction of sp³-hybridized carbons (Fsp3) is 0.556. The highest BCUT2D eigenvalue weighted by Gasteiger charge is 2.25. The maximum absolute atomic E-state index is 12.1. The Morgan fingerprint density at radius 3 is 2.26 bits per heavy atom. The van der Waals surface area contributed by atoms with Crippen LogP contribution in [0.4, 0.5) is 4.79 Å². The molecule has 1 rings (SSSR count). The van der Waals surface area contributed by atoms with Crippen LogP contribution < -0.4 is 10.6 Å². The third kappa shape index (κ3) is 7.68. The van der Waals surface area contributed by atoms with Crippen LogP contribution in [-0.4, -0.2) is 29.7 Å². The standard InChI is InChI=1S/C18H28N2O3/c1-13-9-7-8-10-14(13)11-15(21)19-12-18(5,6)20-16(22)23-17(2,3)4/h7-10H,11-12H2,1-6H3,(H,19,21)(H,20,22). The minimum absolute atomic E-state index is 0.0710. The summed E-state index contributed by atoms with van der Waals surface area (Å²) in [4.78, 5) is 23.9. The van der Waals surface area contributed by atoms with Crippen LogP contribution >= 0.6 is 0 Å². The van der Waals surface area contributed by atoms with Crippen LogP contribution in [0.1, 0.15) is 45.7 Å². The molecule has 0 aliphatic carbocycles. The van der Waals surface area contributed by atoms with Crippen molar-refractivity contribution in [3.63, 3.8) is 0 Å². The van der Waals surface area contributed by atoms with Gasteiger partial charge in [0.15, 0.2) is 0 Å². The van der Waals surface area contributed by atoms with Gasteiger partial charge in [0.05, 0.1) is 12.0 Å². The number of carbonyl (C=O) groups excluding carboxylic acids is 2. The van der Waals surface area contributed by atoms with Gasteiger partial charge in [0.1, 0.15) is 5.60 Å². The smallest absolute Gasteiger partial charge is 0.408 e. The lowest BCUT2D eigenvalue weighted by Crippen LogP contribution is -2.52. The highest BCUT2D eigenvalue weighted by Crippen LogP contribution is 2.10. The Balaban J connectivity index is 2.47. The molecule has 0 fully saturated rings. The van der Waals surface area contributed by atoms with E-state index in [1.165, 1.54) is 0 Å². The first-order valence-corrected chi connectivity index (χ1v) is 7.81. The van der Waals surface area contributed by atoms with Gasteiger partial charge in [-0.15, -0.1) is 0 Å². The number of carbonyl (C=O) groups is 2. The number of hydrogen-bond acceptors (Lipinski definition) is 3. The molecular formula is C18H28N2O3. The van der Waals surface area contributed by atoms with E-state index in [2.05, 4.69) is 10.6 Å². The highest BCUT2D eigenvalue weighted by atomic mass is 16.6. The number of nitrogens with one attached hydrogen (secondary N) is 2. The van der Waals surface area contributed by atoms with Crippen molar-refractivity contribution in [2.24, 2.45) is 0 Å². The maximum Gasteiger partial charge on any atom is 0.408 e. The summed E-state index contributed by atoms with van der Waals surface area (Å²) in [5.41, 5.74) is 0.953. The van der Waals surface area contributed by atoms with Gasteiger partial charge in [0, 0.05) is 6.54 Å². The molecule has 0 radical (unpaired) electrons. The van der Waals surface area contributed by atoms with Gasteiger partial charge >= 0.3 is 6.09 Å². The van der Waals surface area contributed by atoms with Crippen LogP contribution in [0.5, 0.6) is 0 Å². The Labute approximate surface area is 138 Å². The maximum atomic E-state index is 12.1. The van der Waals surface area contributed by atoms with Gasteiger partial charge in [-0.1, -0.05) is 24.3 Å². The van der Waals surface area contributed by atoms with E-state index < -0.39 is 17.2 Å². The average Bonchev–Trinajstić information content (AvgIpc) is 2.36. The summed E-state index contributed by atoms with van der Waals surface area (Å²) >= 11 is 0. The molecule has 0 saturated heterocycles. The predicted octanol–water partition coefficient (Wildman–Crippen LogP) is 2.96. The second-order valence-corrected chi connectivity index (χ2v) is 7.39. The van der Waals surface area contributed by atoms with E-state index >= 15 is 0 Å². The van der Waals surface area contributed by atoms with Gasteiger partial charge in [-0.25, -0.2) is 4.79 Å². The molecule has 0 heterocycles. The predicted molar refractivity (Wildman–Crippen MR) is 91.3 cm³/mol. The number of alkyl carbamates (subject to hydrolysis) is 1. The third-order valence-corrected chi connectivity index (χ3v) is 3.18. The number of hydrogen-bond donors (Lipinski definition) is 2. The Bertz CT molecular complexity index is 560. The van der Waals surface area contributed by atoms with E-state index in [1.54, 1.807) is 0 Å². The molecular weight excluding hydrogens is 292 g/mol.